The molecular weight excluding hydrogens is 374 g/mol. The Balaban J connectivity index is 2.02. The van der Waals surface area contributed by atoms with E-state index in [4.69, 9.17) is 0 Å². The number of rotatable bonds is 1. The van der Waals surface area contributed by atoms with Crippen LogP contribution in [0.2, 0.25) is 0 Å². The van der Waals surface area contributed by atoms with Gasteiger partial charge < -0.3 is 0 Å². The Morgan fingerprint density at radius 1 is 1.17 bits per heavy atom. The minimum absolute atomic E-state index is 0.236. The van der Waals surface area contributed by atoms with E-state index in [1.54, 1.807) is 11.6 Å². The fourth-order valence-electron chi connectivity index (χ4n) is 3.41. The summed E-state index contributed by atoms with van der Waals surface area (Å²) in [5, 5.41) is 4.27. The summed E-state index contributed by atoms with van der Waals surface area (Å²) in [5.41, 5.74) is 1.23. The molecule has 3 aromatic rings. The van der Waals surface area contributed by atoms with Crippen molar-refractivity contribution in [2.75, 3.05) is 0 Å². The maximum absolute atomic E-state index is 12.8. The monoisotopic (exact) mass is 387 g/mol. The van der Waals surface area contributed by atoms with Gasteiger partial charge in [0.15, 0.2) is 0 Å². The van der Waals surface area contributed by atoms with Crippen LogP contribution >= 0.6 is 15.9 Å². The molecule has 0 aliphatic carbocycles. The molecule has 4 rings (SSSR count). The molecule has 0 spiro atoms. The number of nitrogens with zero attached hydrogens (tertiary/aromatic N) is 2. The van der Waals surface area contributed by atoms with Gasteiger partial charge in [-0.15, -0.1) is 0 Å². The van der Waals surface area contributed by atoms with Gasteiger partial charge in [0, 0.05) is 23.3 Å². The van der Waals surface area contributed by atoms with Gasteiger partial charge in [0.25, 0.3) is 0 Å². The molecule has 1 unspecified atom stereocenters. The number of amides is 2. The van der Waals surface area contributed by atoms with Gasteiger partial charge in [-0.2, -0.15) is 0 Å². The zero-order chi connectivity index (χ0) is 17.0. The maximum Gasteiger partial charge on any atom is 0.329 e. The molecule has 24 heavy (non-hydrogen) atoms. The highest BCUT2D eigenvalue weighted by Gasteiger charge is 2.31. The number of hydrogen-bond acceptors (Lipinski definition) is 3. The standard InChI is InChI=1S/C17H14BrN3O3/c1-20-15-11-4-3-10(18)8-9(11)2-5-12(15)21(17(20)24)13-6-7-14(22)19-16(13)23/h2-5,8,13H,6-7H2,1H3,(H,19,22,23). The Hall–Kier alpha value is -2.41. The topological polar surface area (TPSA) is 73.1 Å². The molecule has 1 N–H and O–H groups in total. The SMILES string of the molecule is Cn1c(=O)n(C2CCC(=O)NC2=O)c2ccc3cc(Br)ccc3c21. The molecule has 1 atom stereocenters. The lowest BCUT2D eigenvalue weighted by Crippen LogP contribution is -2.44. The molecular formula is C17H14BrN3O3. The van der Waals surface area contributed by atoms with Gasteiger partial charge in [-0.25, -0.2) is 4.79 Å². The van der Waals surface area contributed by atoms with E-state index in [2.05, 4.69) is 21.2 Å². The smallest absolute Gasteiger partial charge is 0.295 e. The van der Waals surface area contributed by atoms with Crippen molar-refractivity contribution in [1.82, 2.24) is 14.5 Å². The quantitative estimate of drug-likeness (QED) is 0.650. The Morgan fingerprint density at radius 2 is 1.96 bits per heavy atom. The third kappa shape index (κ3) is 2.11. The van der Waals surface area contributed by atoms with Crippen molar-refractivity contribution in [3.05, 3.63) is 45.3 Å². The number of benzene rings is 2. The van der Waals surface area contributed by atoms with E-state index in [1.807, 2.05) is 30.3 Å². The number of fused-ring (bicyclic) bond motifs is 3. The molecule has 2 amide bonds. The van der Waals surface area contributed by atoms with Gasteiger partial charge in [0.2, 0.25) is 11.8 Å². The van der Waals surface area contributed by atoms with Gasteiger partial charge in [0.05, 0.1) is 11.0 Å². The lowest BCUT2D eigenvalue weighted by Gasteiger charge is -2.21. The minimum Gasteiger partial charge on any atom is -0.295 e. The molecule has 0 saturated carbocycles. The lowest BCUT2D eigenvalue weighted by molar-refractivity contribution is -0.135. The summed E-state index contributed by atoms with van der Waals surface area (Å²) in [4.78, 5) is 36.4. The second-order valence-electron chi connectivity index (χ2n) is 5.98. The number of imide groups is 1. The van der Waals surface area contributed by atoms with Crippen LogP contribution in [-0.2, 0) is 16.6 Å². The molecule has 2 heterocycles. The highest BCUT2D eigenvalue weighted by atomic mass is 79.9. The number of halogens is 1. The molecule has 7 heteroatoms. The van der Waals surface area contributed by atoms with Crippen LogP contribution in [0.25, 0.3) is 21.8 Å². The summed E-state index contributed by atoms with van der Waals surface area (Å²) < 4.78 is 4.03. The summed E-state index contributed by atoms with van der Waals surface area (Å²) in [6.07, 6.45) is 0.571. The van der Waals surface area contributed by atoms with Crippen LogP contribution < -0.4 is 11.0 Å². The second-order valence-corrected chi connectivity index (χ2v) is 6.89. The first-order chi connectivity index (χ1) is 11.5. The summed E-state index contributed by atoms with van der Waals surface area (Å²) in [6, 6.07) is 9.00. The fourth-order valence-corrected chi connectivity index (χ4v) is 3.79. The first-order valence-electron chi connectivity index (χ1n) is 7.60. The van der Waals surface area contributed by atoms with Gasteiger partial charge >= 0.3 is 5.69 Å². The van der Waals surface area contributed by atoms with Crippen molar-refractivity contribution >= 4 is 49.6 Å². The summed E-state index contributed by atoms with van der Waals surface area (Å²) >= 11 is 3.45. The number of aryl methyl sites for hydroxylation is 1. The van der Waals surface area contributed by atoms with Crippen molar-refractivity contribution < 1.29 is 9.59 Å². The minimum atomic E-state index is -0.660. The Labute approximate surface area is 145 Å². The number of aromatic nitrogens is 2. The van der Waals surface area contributed by atoms with Crippen LogP contribution in [-0.4, -0.2) is 20.9 Å². The van der Waals surface area contributed by atoms with Gasteiger partial charge in [-0.1, -0.05) is 28.1 Å². The molecule has 2 aromatic carbocycles. The number of imidazole rings is 1. The molecule has 6 nitrogen and oxygen atoms in total. The normalized spacial score (nSPS) is 18.3. The van der Waals surface area contributed by atoms with Crippen LogP contribution in [0, 0.1) is 0 Å². The van der Waals surface area contributed by atoms with Crippen molar-refractivity contribution in [3.63, 3.8) is 0 Å². The Morgan fingerprint density at radius 3 is 2.71 bits per heavy atom. The van der Waals surface area contributed by atoms with Crippen LogP contribution in [0.3, 0.4) is 0 Å². The first kappa shape index (κ1) is 15.1. The van der Waals surface area contributed by atoms with E-state index < -0.39 is 11.9 Å². The molecule has 1 fully saturated rings. The van der Waals surface area contributed by atoms with E-state index >= 15 is 0 Å². The van der Waals surface area contributed by atoms with E-state index in [9.17, 15) is 14.4 Å². The molecule has 0 bridgehead atoms. The largest absolute Gasteiger partial charge is 0.329 e. The average molecular weight is 388 g/mol. The van der Waals surface area contributed by atoms with Crippen molar-refractivity contribution in [2.24, 2.45) is 7.05 Å². The molecule has 1 aromatic heterocycles. The van der Waals surface area contributed by atoms with E-state index in [0.29, 0.717) is 11.9 Å². The van der Waals surface area contributed by atoms with Crippen LogP contribution in [0.1, 0.15) is 18.9 Å². The van der Waals surface area contributed by atoms with Crippen molar-refractivity contribution in [3.8, 4) is 0 Å². The summed E-state index contributed by atoms with van der Waals surface area (Å²) in [5.74, 6) is -0.711. The van der Waals surface area contributed by atoms with E-state index in [1.165, 1.54) is 4.57 Å². The van der Waals surface area contributed by atoms with Crippen LogP contribution in [0.4, 0.5) is 0 Å². The highest BCUT2D eigenvalue weighted by molar-refractivity contribution is 9.10. The zero-order valence-electron chi connectivity index (χ0n) is 12.9. The second kappa shape index (κ2) is 5.31. The number of carbonyl (C=O) groups is 2. The maximum atomic E-state index is 12.8. The molecule has 1 saturated heterocycles. The third-order valence-corrected chi connectivity index (χ3v) is 5.04. The molecule has 1 aliphatic rings. The molecule has 0 radical (unpaired) electrons. The summed E-state index contributed by atoms with van der Waals surface area (Å²) in [7, 11) is 1.70. The zero-order valence-corrected chi connectivity index (χ0v) is 14.5. The predicted octanol–water partition coefficient (Wildman–Crippen LogP) is 2.23. The molecule has 1 aliphatic heterocycles. The molecule has 122 valence electrons. The first-order valence-corrected chi connectivity index (χ1v) is 8.39. The van der Waals surface area contributed by atoms with Gasteiger partial charge in [-0.3, -0.25) is 24.0 Å². The van der Waals surface area contributed by atoms with Crippen molar-refractivity contribution in [2.45, 2.75) is 18.9 Å². The lowest BCUT2D eigenvalue weighted by atomic mass is 10.0. The number of hydrogen-bond donors (Lipinski definition) is 1. The number of piperidine rings is 1. The predicted molar refractivity (Wildman–Crippen MR) is 93.8 cm³/mol. The van der Waals surface area contributed by atoms with E-state index in [0.717, 1.165) is 20.8 Å². The van der Waals surface area contributed by atoms with Crippen LogP contribution in [0.15, 0.2) is 39.6 Å². The Bertz CT molecular complexity index is 1080. The average Bonchev–Trinajstić information content (AvgIpc) is 2.79. The fraction of sp³-hybridized carbons (Fsp3) is 0.235. The highest BCUT2D eigenvalue weighted by Crippen LogP contribution is 2.29. The Kier molecular flexibility index (Phi) is 3.35. The van der Waals surface area contributed by atoms with E-state index in [-0.39, 0.29) is 18.0 Å². The third-order valence-electron chi connectivity index (χ3n) is 4.54. The number of nitrogens with one attached hydrogen (secondary N) is 1. The van der Waals surface area contributed by atoms with Gasteiger partial charge in [0.1, 0.15) is 6.04 Å². The van der Waals surface area contributed by atoms with Gasteiger partial charge in [-0.05, 0) is 30.0 Å². The number of carbonyl (C=O) groups excluding carboxylic acids is 2. The summed E-state index contributed by atoms with van der Waals surface area (Å²) in [6.45, 7) is 0. The van der Waals surface area contributed by atoms with Crippen LogP contribution in [0.5, 0.6) is 0 Å². The van der Waals surface area contributed by atoms with Crippen molar-refractivity contribution in [1.29, 1.82) is 0 Å².